The Kier molecular flexibility index (Phi) is 7.16. The van der Waals surface area contributed by atoms with E-state index < -0.39 is 30.4 Å². The van der Waals surface area contributed by atoms with Crippen LogP contribution in [0, 0.1) is 5.82 Å². The highest BCUT2D eigenvalue weighted by Gasteiger charge is 2.17. The molecule has 0 saturated carbocycles. The highest BCUT2D eigenvalue weighted by atomic mass is 19.1. The van der Waals surface area contributed by atoms with E-state index in [1.54, 1.807) is 0 Å². The molecule has 2 rings (SSSR count). The second-order valence-electron chi connectivity index (χ2n) is 6.16. The van der Waals surface area contributed by atoms with Gasteiger partial charge in [0.25, 0.3) is 5.91 Å². The van der Waals surface area contributed by atoms with E-state index in [0.29, 0.717) is 12.3 Å². The molecule has 0 heterocycles. The minimum absolute atomic E-state index is 0.339. The smallest absolute Gasteiger partial charge is 0.347 e. The van der Waals surface area contributed by atoms with E-state index in [4.69, 9.17) is 9.47 Å². The first-order valence-electron chi connectivity index (χ1n) is 8.47. The quantitative estimate of drug-likeness (QED) is 0.719. The molecule has 1 atom stereocenters. The first kappa shape index (κ1) is 20.2. The van der Waals surface area contributed by atoms with Gasteiger partial charge in [0.2, 0.25) is 0 Å². The number of esters is 1. The maximum atomic E-state index is 12.8. The molecule has 0 aliphatic heterocycles. The molecule has 1 N–H and O–H groups in total. The summed E-state index contributed by atoms with van der Waals surface area (Å²) in [6.07, 6.45) is -0.915. The zero-order chi connectivity index (χ0) is 19.8. The van der Waals surface area contributed by atoms with Crippen LogP contribution in [0.5, 0.6) is 5.75 Å². The van der Waals surface area contributed by atoms with Crippen molar-refractivity contribution in [1.82, 2.24) is 5.32 Å². The number of nitrogens with one attached hydrogen (secondary N) is 1. The lowest BCUT2D eigenvalue weighted by Gasteiger charge is -2.14. The lowest BCUT2D eigenvalue weighted by atomic mass is 10.2. The number of amides is 1. The van der Waals surface area contributed by atoms with Gasteiger partial charge in [-0.05, 0) is 48.9 Å². The lowest BCUT2D eigenvalue weighted by Crippen LogP contribution is -2.32. The van der Waals surface area contributed by atoms with Crippen LogP contribution in [0.1, 0.15) is 12.5 Å². The summed E-state index contributed by atoms with van der Waals surface area (Å²) in [4.78, 5) is 25.7. The summed E-state index contributed by atoms with van der Waals surface area (Å²) in [5.41, 5.74) is 2.00. The number of carbonyl (C=O) groups excluding carboxylic acids is 2. The highest BCUT2D eigenvalue weighted by molar-refractivity contribution is 5.82. The van der Waals surface area contributed by atoms with E-state index in [1.807, 2.05) is 43.3 Å². The standard InChI is InChI=1S/C20H23FN2O4/c1-14(27-18-10-6-16(21)7-11-18)20(25)26-13-19(24)22-12-15-4-8-17(9-5-15)23(2)3/h4-11,14H,12-13H2,1-3H3,(H,22,24)/t14-/m1/s1. The molecule has 0 radical (unpaired) electrons. The monoisotopic (exact) mass is 374 g/mol. The van der Waals surface area contributed by atoms with E-state index in [1.165, 1.54) is 31.2 Å². The molecule has 0 spiro atoms. The van der Waals surface area contributed by atoms with Gasteiger partial charge in [-0.2, -0.15) is 0 Å². The van der Waals surface area contributed by atoms with Crippen molar-refractivity contribution in [2.45, 2.75) is 19.6 Å². The summed E-state index contributed by atoms with van der Waals surface area (Å²) < 4.78 is 23.1. The summed E-state index contributed by atoms with van der Waals surface area (Å²) in [6.45, 7) is 1.44. The van der Waals surface area contributed by atoms with Crippen LogP contribution in [0.4, 0.5) is 10.1 Å². The van der Waals surface area contributed by atoms with Crippen LogP contribution < -0.4 is 15.0 Å². The molecule has 1 amide bonds. The lowest BCUT2D eigenvalue weighted by molar-refractivity contribution is -0.154. The van der Waals surface area contributed by atoms with Gasteiger partial charge in [-0.3, -0.25) is 4.79 Å². The summed E-state index contributed by atoms with van der Waals surface area (Å²) >= 11 is 0. The number of anilines is 1. The molecule has 7 heteroatoms. The Balaban J connectivity index is 1.72. The van der Waals surface area contributed by atoms with Gasteiger partial charge in [0.05, 0.1) is 0 Å². The molecule has 0 aliphatic carbocycles. The fourth-order valence-corrected chi connectivity index (χ4v) is 2.18. The molecule has 0 saturated heterocycles. The van der Waals surface area contributed by atoms with Gasteiger partial charge in [-0.25, -0.2) is 9.18 Å². The Labute approximate surface area is 157 Å². The van der Waals surface area contributed by atoms with Gasteiger partial charge in [0.1, 0.15) is 11.6 Å². The molecule has 144 valence electrons. The van der Waals surface area contributed by atoms with Crippen molar-refractivity contribution in [2.75, 3.05) is 25.6 Å². The van der Waals surface area contributed by atoms with E-state index >= 15 is 0 Å². The molecule has 0 bridgehead atoms. The van der Waals surface area contributed by atoms with Crippen LogP contribution in [-0.2, 0) is 20.9 Å². The average Bonchev–Trinajstić information content (AvgIpc) is 2.66. The number of hydrogen-bond acceptors (Lipinski definition) is 5. The second-order valence-corrected chi connectivity index (χ2v) is 6.16. The van der Waals surface area contributed by atoms with Gasteiger partial charge in [-0.1, -0.05) is 12.1 Å². The van der Waals surface area contributed by atoms with Crippen molar-refractivity contribution in [3.63, 3.8) is 0 Å². The largest absolute Gasteiger partial charge is 0.479 e. The molecule has 0 aliphatic rings. The van der Waals surface area contributed by atoms with Crippen molar-refractivity contribution in [3.8, 4) is 5.75 Å². The number of rotatable bonds is 8. The van der Waals surface area contributed by atoms with Gasteiger partial charge in [0.15, 0.2) is 12.7 Å². The van der Waals surface area contributed by atoms with Gasteiger partial charge >= 0.3 is 5.97 Å². The fourth-order valence-electron chi connectivity index (χ4n) is 2.18. The van der Waals surface area contributed by atoms with Crippen LogP contribution >= 0.6 is 0 Å². The zero-order valence-corrected chi connectivity index (χ0v) is 15.6. The Morgan fingerprint density at radius 3 is 2.30 bits per heavy atom. The van der Waals surface area contributed by atoms with Crippen LogP contribution in [0.15, 0.2) is 48.5 Å². The minimum Gasteiger partial charge on any atom is -0.479 e. The number of ether oxygens (including phenoxy) is 2. The van der Waals surface area contributed by atoms with Crippen LogP contribution in [-0.4, -0.2) is 38.7 Å². The van der Waals surface area contributed by atoms with Crippen LogP contribution in [0.2, 0.25) is 0 Å². The van der Waals surface area contributed by atoms with Crippen molar-refractivity contribution >= 4 is 17.6 Å². The summed E-state index contributed by atoms with van der Waals surface area (Å²) in [5, 5.41) is 2.69. The van der Waals surface area contributed by atoms with Crippen molar-refractivity contribution in [3.05, 3.63) is 59.9 Å². The molecule has 0 aromatic heterocycles. The molecular formula is C20H23FN2O4. The molecule has 0 unspecified atom stereocenters. The maximum Gasteiger partial charge on any atom is 0.347 e. The average molecular weight is 374 g/mol. The number of benzene rings is 2. The van der Waals surface area contributed by atoms with Gasteiger partial charge < -0.3 is 19.7 Å². The fraction of sp³-hybridized carbons (Fsp3) is 0.300. The van der Waals surface area contributed by atoms with Gasteiger partial charge in [0, 0.05) is 26.3 Å². The highest BCUT2D eigenvalue weighted by Crippen LogP contribution is 2.14. The molecule has 0 fully saturated rings. The number of nitrogens with zero attached hydrogens (tertiary/aromatic N) is 1. The second kappa shape index (κ2) is 9.56. The Bertz CT molecular complexity index is 761. The third-order valence-electron chi connectivity index (χ3n) is 3.75. The number of carbonyl (C=O) groups is 2. The predicted octanol–water partition coefficient (Wildman–Crippen LogP) is 2.52. The van der Waals surface area contributed by atoms with E-state index in [-0.39, 0.29) is 0 Å². The topological polar surface area (TPSA) is 67.9 Å². The third kappa shape index (κ3) is 6.62. The first-order valence-corrected chi connectivity index (χ1v) is 8.47. The van der Waals surface area contributed by atoms with Crippen molar-refractivity contribution in [1.29, 1.82) is 0 Å². The molecule has 2 aromatic rings. The van der Waals surface area contributed by atoms with Crippen LogP contribution in [0.3, 0.4) is 0 Å². The Hall–Kier alpha value is -3.09. The van der Waals surface area contributed by atoms with Gasteiger partial charge in [-0.15, -0.1) is 0 Å². The Morgan fingerprint density at radius 1 is 1.07 bits per heavy atom. The predicted molar refractivity (Wildman–Crippen MR) is 100 cm³/mol. The van der Waals surface area contributed by atoms with E-state index in [9.17, 15) is 14.0 Å². The molecule has 27 heavy (non-hydrogen) atoms. The third-order valence-corrected chi connectivity index (χ3v) is 3.75. The minimum atomic E-state index is -0.915. The Morgan fingerprint density at radius 2 is 1.70 bits per heavy atom. The van der Waals surface area contributed by atoms with E-state index in [0.717, 1.165) is 11.3 Å². The molecule has 2 aromatic carbocycles. The summed E-state index contributed by atoms with van der Waals surface area (Å²) in [6, 6.07) is 13.0. The zero-order valence-electron chi connectivity index (χ0n) is 15.6. The number of halogens is 1. The maximum absolute atomic E-state index is 12.8. The normalized spacial score (nSPS) is 11.4. The number of hydrogen-bond donors (Lipinski definition) is 1. The first-order chi connectivity index (χ1) is 12.8. The van der Waals surface area contributed by atoms with Crippen molar-refractivity contribution in [2.24, 2.45) is 0 Å². The molecule has 6 nitrogen and oxygen atoms in total. The van der Waals surface area contributed by atoms with Crippen molar-refractivity contribution < 1.29 is 23.5 Å². The molecular weight excluding hydrogens is 351 g/mol. The van der Waals surface area contributed by atoms with E-state index in [2.05, 4.69) is 5.32 Å². The SMILES string of the molecule is C[C@@H](Oc1ccc(F)cc1)C(=O)OCC(=O)NCc1ccc(N(C)C)cc1. The van der Waals surface area contributed by atoms with Crippen LogP contribution in [0.25, 0.3) is 0 Å². The summed E-state index contributed by atoms with van der Waals surface area (Å²) in [7, 11) is 3.90. The summed E-state index contributed by atoms with van der Waals surface area (Å²) in [5.74, 6) is -1.14.